The second-order valence-corrected chi connectivity index (χ2v) is 16.6. The molecule has 0 aliphatic heterocycles. The van der Waals surface area contributed by atoms with E-state index in [0.717, 1.165) is 0 Å². The molecule has 52 heavy (non-hydrogen) atoms. The van der Waals surface area contributed by atoms with Crippen molar-refractivity contribution in [2.45, 2.75) is 209 Å². The highest BCUT2D eigenvalue weighted by Gasteiger charge is 2.26. The summed E-state index contributed by atoms with van der Waals surface area (Å²) >= 11 is 0. The predicted octanol–water partition coefficient (Wildman–Crippen LogP) is 10.7. The maximum atomic E-state index is 8.52. The Kier molecular flexibility index (Phi) is 45.3. The number of quaternary nitrogens is 2. The average molecular weight is 791 g/mol. The average Bonchev–Trinajstić information content (AvgIpc) is 3.07. The molecule has 320 valence electrons. The van der Waals surface area contributed by atoms with Gasteiger partial charge < -0.3 is 27.2 Å². The van der Waals surface area contributed by atoms with Crippen molar-refractivity contribution in [1.29, 1.82) is 0 Å². The van der Waals surface area contributed by atoms with Gasteiger partial charge in [0.1, 0.15) is 0 Å². The van der Waals surface area contributed by atoms with Crippen LogP contribution >= 0.6 is 0 Å². The van der Waals surface area contributed by atoms with Gasteiger partial charge in [-0.05, 0) is 77.0 Å². The molecule has 0 saturated heterocycles. The number of unbranched alkanes of at least 4 members (excludes halogenated alkanes) is 16. The van der Waals surface area contributed by atoms with E-state index in [1.54, 1.807) is 0 Å². The lowest BCUT2D eigenvalue weighted by molar-refractivity contribution is -0.929. The van der Waals surface area contributed by atoms with Crippen molar-refractivity contribution in [2.24, 2.45) is 0 Å². The first-order chi connectivity index (χ1) is 24.5. The van der Waals surface area contributed by atoms with Crippen LogP contribution in [0.1, 0.15) is 212 Å². The zero-order chi connectivity index (χ0) is 40.6. The quantitative estimate of drug-likeness (QED) is 0.0281. The molecule has 0 spiro atoms. The van der Waals surface area contributed by atoms with Crippen LogP contribution < -0.4 is 0 Å². The lowest BCUT2D eigenvalue weighted by Gasteiger charge is -2.39. The van der Waals surface area contributed by atoms with E-state index in [1.807, 2.05) is 0 Å². The Balaban J connectivity index is -0.000000171. The molecule has 0 aromatic rings. The van der Waals surface area contributed by atoms with E-state index in [1.165, 1.54) is 215 Å². The van der Waals surface area contributed by atoms with Gasteiger partial charge in [-0.3, -0.25) is 16.8 Å². The molecule has 0 aliphatic rings. The van der Waals surface area contributed by atoms with Crippen molar-refractivity contribution in [2.75, 3.05) is 52.4 Å². The largest absolute Gasteiger partial charge is 1.00 e. The predicted molar refractivity (Wildman–Crippen MR) is 219 cm³/mol. The summed E-state index contributed by atoms with van der Waals surface area (Å²) in [6.07, 6.45) is 33.9. The van der Waals surface area contributed by atoms with E-state index in [4.69, 9.17) is 35.0 Å². The SMILES string of the molecule is CCCCCC[N+](CCCCCC)(CCCCCC)CCCCCC.CCCC[N+](CCCC)(CCCC)CCCC.O=S(=O)([O-])[O-].O=S(=O)([O-])[O-].[H+].[H+]. The van der Waals surface area contributed by atoms with E-state index in [9.17, 15) is 0 Å². The molecule has 0 atom stereocenters. The molecule has 0 bridgehead atoms. The van der Waals surface area contributed by atoms with Crippen LogP contribution in [0.4, 0.5) is 0 Å². The first-order valence-corrected chi connectivity index (χ1v) is 24.2. The van der Waals surface area contributed by atoms with Gasteiger partial charge in [-0.15, -0.1) is 0 Å². The van der Waals surface area contributed by atoms with Crippen molar-refractivity contribution in [3.05, 3.63) is 0 Å². The molecule has 0 aromatic heterocycles. The molecule has 0 amide bonds. The Hall–Kier alpha value is -0.340. The Morgan fingerprint density at radius 3 is 0.558 bits per heavy atom. The van der Waals surface area contributed by atoms with Crippen LogP contribution in [0.2, 0.25) is 0 Å². The zero-order valence-corrected chi connectivity index (χ0v) is 37.2. The minimum Gasteiger partial charge on any atom is -0.759 e. The molecule has 0 N–H and O–H groups in total. The van der Waals surface area contributed by atoms with Gasteiger partial charge in [0.25, 0.3) is 0 Å². The normalized spacial score (nSPS) is 11.9. The van der Waals surface area contributed by atoms with Crippen molar-refractivity contribution >= 4 is 20.8 Å². The second-order valence-electron chi connectivity index (χ2n) is 14.9. The Labute approximate surface area is 328 Å². The molecule has 0 aliphatic carbocycles. The molecule has 0 unspecified atom stereocenters. The summed E-state index contributed by atoms with van der Waals surface area (Å²) in [6.45, 7) is 30.2. The maximum Gasteiger partial charge on any atom is 1.00 e. The molecular formula is C40H90N2O8S2. The highest BCUT2D eigenvalue weighted by molar-refractivity contribution is 7.79. The Bertz CT molecular complexity index is 794. The van der Waals surface area contributed by atoms with E-state index < -0.39 is 20.8 Å². The standard InChI is InChI=1S/C24H52N.C16H36N.2H2O4S/c1-5-9-13-17-21-25(22-18-14-10-6-2,23-19-15-11-7-3)24-20-16-12-8-4;1-5-9-13-17(14-10-6-2,15-11-7-3)16-12-8-4;2*1-5(2,3)4/h5-24H2,1-4H3;5-16H2,1-4H3;2*(H2,1,2,3,4)/q2*+1;;/p-2. The third kappa shape index (κ3) is 51.8. The summed E-state index contributed by atoms with van der Waals surface area (Å²) in [6, 6.07) is 0. The molecule has 0 fully saturated rings. The first-order valence-electron chi connectivity index (χ1n) is 21.5. The van der Waals surface area contributed by atoms with Gasteiger partial charge in [0.05, 0.1) is 52.4 Å². The van der Waals surface area contributed by atoms with Gasteiger partial charge in [0, 0.05) is 20.8 Å². The van der Waals surface area contributed by atoms with Crippen LogP contribution in [0.3, 0.4) is 0 Å². The van der Waals surface area contributed by atoms with Crippen molar-refractivity contribution < 1.29 is 46.9 Å². The van der Waals surface area contributed by atoms with E-state index >= 15 is 0 Å². The number of hydrogen-bond acceptors (Lipinski definition) is 8. The van der Waals surface area contributed by atoms with Gasteiger partial charge in [-0.2, -0.15) is 0 Å². The van der Waals surface area contributed by atoms with Crippen LogP contribution in [0.15, 0.2) is 0 Å². The molecular weight excluding hydrogens is 701 g/mol. The van der Waals surface area contributed by atoms with E-state index in [-0.39, 0.29) is 2.85 Å². The molecule has 10 nitrogen and oxygen atoms in total. The second kappa shape index (κ2) is 40.3. The molecule has 0 heterocycles. The van der Waals surface area contributed by atoms with Crippen LogP contribution in [0.25, 0.3) is 0 Å². The minimum absolute atomic E-state index is 0. The van der Waals surface area contributed by atoms with Gasteiger partial charge in [-0.25, -0.2) is 0 Å². The van der Waals surface area contributed by atoms with Crippen molar-refractivity contribution in [3.8, 4) is 0 Å². The highest BCUT2D eigenvalue weighted by atomic mass is 32.3. The summed E-state index contributed by atoms with van der Waals surface area (Å²) in [5.74, 6) is 0. The van der Waals surface area contributed by atoms with Crippen LogP contribution in [-0.2, 0) is 20.8 Å². The van der Waals surface area contributed by atoms with Crippen LogP contribution in [0.5, 0.6) is 0 Å². The van der Waals surface area contributed by atoms with Crippen LogP contribution in [0, 0.1) is 0 Å². The van der Waals surface area contributed by atoms with Gasteiger partial charge in [0.15, 0.2) is 0 Å². The molecule has 0 aromatic carbocycles. The molecule has 12 heteroatoms. The third-order valence-electron chi connectivity index (χ3n) is 9.89. The van der Waals surface area contributed by atoms with Crippen molar-refractivity contribution in [1.82, 2.24) is 0 Å². The van der Waals surface area contributed by atoms with E-state index in [2.05, 4.69) is 55.4 Å². The number of hydrogen-bond donors (Lipinski definition) is 0. The Morgan fingerprint density at radius 2 is 0.423 bits per heavy atom. The topological polar surface area (TPSA) is 161 Å². The summed E-state index contributed by atoms with van der Waals surface area (Å²) < 4.78 is 71.0. The lowest BCUT2D eigenvalue weighted by atomic mass is 10.1. The lowest BCUT2D eigenvalue weighted by Crippen LogP contribution is -2.50. The summed E-state index contributed by atoms with van der Waals surface area (Å²) in [7, 11) is -10.3. The number of rotatable bonds is 32. The number of nitrogens with zero attached hydrogens (tertiary/aromatic N) is 2. The van der Waals surface area contributed by atoms with Gasteiger partial charge in [0.2, 0.25) is 0 Å². The van der Waals surface area contributed by atoms with Gasteiger partial charge in [-0.1, -0.05) is 132 Å². The smallest absolute Gasteiger partial charge is 0.759 e. The summed E-state index contributed by atoms with van der Waals surface area (Å²) in [4.78, 5) is 0. The Morgan fingerprint density at radius 1 is 0.288 bits per heavy atom. The van der Waals surface area contributed by atoms with Gasteiger partial charge >= 0.3 is 2.85 Å². The fourth-order valence-corrected chi connectivity index (χ4v) is 6.81. The van der Waals surface area contributed by atoms with Crippen molar-refractivity contribution in [3.63, 3.8) is 0 Å². The monoisotopic (exact) mass is 791 g/mol. The minimum atomic E-state index is -5.17. The molecule has 0 radical (unpaired) electrons. The summed E-state index contributed by atoms with van der Waals surface area (Å²) in [5, 5.41) is 0. The zero-order valence-electron chi connectivity index (χ0n) is 37.6. The fraction of sp³-hybridized carbons (Fsp3) is 1.00. The highest BCUT2D eigenvalue weighted by Crippen LogP contribution is 2.20. The van der Waals surface area contributed by atoms with Crippen LogP contribution in [-0.4, -0.2) is 96.4 Å². The summed E-state index contributed by atoms with van der Waals surface area (Å²) in [5.41, 5.74) is 0. The fourth-order valence-electron chi connectivity index (χ4n) is 6.81. The maximum absolute atomic E-state index is 8.52. The first kappa shape index (κ1) is 58.4. The third-order valence-corrected chi connectivity index (χ3v) is 9.89. The molecule has 0 rings (SSSR count). The van der Waals surface area contributed by atoms with E-state index in [0.29, 0.717) is 0 Å². The molecule has 0 saturated carbocycles.